The molecule has 0 saturated heterocycles. The van der Waals surface area contributed by atoms with Crippen molar-refractivity contribution < 1.29 is 0 Å². The molecule has 0 aromatic rings. The van der Waals surface area contributed by atoms with Crippen molar-refractivity contribution in [1.29, 1.82) is 0 Å². The molecule has 1 atom stereocenters. The molecule has 0 spiro atoms. The highest BCUT2D eigenvalue weighted by atomic mass is 35.5. The van der Waals surface area contributed by atoms with Crippen LogP contribution in [0.5, 0.6) is 0 Å². The second-order valence-corrected chi connectivity index (χ2v) is 8.23. The van der Waals surface area contributed by atoms with Crippen molar-refractivity contribution in [3.63, 3.8) is 0 Å². The Kier molecular flexibility index (Phi) is 11.8. The van der Waals surface area contributed by atoms with Crippen LogP contribution in [-0.2, 0) is 0 Å². The van der Waals surface area contributed by atoms with Gasteiger partial charge < -0.3 is 5.43 Å². The average Bonchev–Trinajstić information content (AvgIpc) is 2.51. The first kappa shape index (κ1) is 24.6. The molecule has 0 amide bonds. The largest absolute Gasteiger partial charge is 0.305 e. The molecule has 1 unspecified atom stereocenters. The molecule has 0 aromatic heterocycles. The fourth-order valence-electron chi connectivity index (χ4n) is 0.786. The summed E-state index contributed by atoms with van der Waals surface area (Å²) in [6.07, 6.45) is 3.89. The first-order valence-corrected chi connectivity index (χ1v) is 9.15. The fourth-order valence-corrected chi connectivity index (χ4v) is 0.824. The second kappa shape index (κ2) is 11.0. The highest BCUT2D eigenvalue weighted by Crippen LogP contribution is 2.24. The summed E-state index contributed by atoms with van der Waals surface area (Å²) in [6, 6.07) is 0. The monoisotopic (exact) mass is 346 g/mol. The maximum absolute atomic E-state index is 6.02. The zero-order valence-corrected chi connectivity index (χ0v) is 17.8. The molecule has 1 N–H and O–H groups in total. The van der Waals surface area contributed by atoms with Gasteiger partial charge in [-0.05, 0) is 67.2 Å². The standard InChI is InChI=1S/C9H19ClN2.C9H20N2/c1-6-8(3,4)11-12-9(5,10)7-2;1-6-8(3)10-11-9(4,5)7-2/h6-7H2,1-5H3;11H,6-7H2,1-5H3. The van der Waals surface area contributed by atoms with Gasteiger partial charge in [0.1, 0.15) is 0 Å². The third-order valence-electron chi connectivity index (χ3n) is 3.98. The lowest BCUT2D eigenvalue weighted by Crippen LogP contribution is -2.35. The quantitative estimate of drug-likeness (QED) is 0.175. The van der Waals surface area contributed by atoms with Gasteiger partial charge in [0, 0.05) is 11.3 Å². The summed E-state index contributed by atoms with van der Waals surface area (Å²) in [5.74, 6) is 0. The zero-order valence-electron chi connectivity index (χ0n) is 17.0. The lowest BCUT2D eigenvalue weighted by atomic mass is 10.0. The average molecular weight is 347 g/mol. The minimum atomic E-state index is -0.521. The maximum Gasteiger partial charge on any atom is 0.151 e. The maximum atomic E-state index is 6.02. The summed E-state index contributed by atoms with van der Waals surface area (Å²) in [6.45, 7) is 20.7. The highest BCUT2D eigenvalue weighted by Gasteiger charge is 2.19. The number of rotatable bonds is 8. The Bertz CT molecular complexity index is 353. The van der Waals surface area contributed by atoms with Gasteiger partial charge in [0.25, 0.3) is 0 Å². The highest BCUT2D eigenvalue weighted by molar-refractivity contribution is 6.23. The van der Waals surface area contributed by atoms with E-state index in [-0.39, 0.29) is 11.1 Å². The lowest BCUT2D eigenvalue weighted by molar-refractivity contribution is 0.387. The van der Waals surface area contributed by atoms with Crippen LogP contribution in [0, 0.1) is 0 Å². The van der Waals surface area contributed by atoms with Crippen LogP contribution in [0.4, 0.5) is 0 Å². The van der Waals surface area contributed by atoms with Gasteiger partial charge in [-0.3, -0.25) is 0 Å². The Balaban J connectivity index is 0. The summed E-state index contributed by atoms with van der Waals surface area (Å²) < 4.78 is 0. The van der Waals surface area contributed by atoms with E-state index in [0.29, 0.717) is 0 Å². The number of alkyl halides is 1. The molecule has 23 heavy (non-hydrogen) atoms. The van der Waals surface area contributed by atoms with E-state index >= 15 is 0 Å². The van der Waals surface area contributed by atoms with Crippen molar-refractivity contribution >= 4 is 17.3 Å². The minimum absolute atomic E-state index is 0.0781. The van der Waals surface area contributed by atoms with E-state index in [2.05, 4.69) is 69.2 Å². The van der Waals surface area contributed by atoms with Crippen LogP contribution in [0.25, 0.3) is 0 Å². The van der Waals surface area contributed by atoms with Crippen molar-refractivity contribution in [3.05, 3.63) is 0 Å². The van der Waals surface area contributed by atoms with E-state index in [1.54, 1.807) is 0 Å². The van der Waals surface area contributed by atoms with Crippen molar-refractivity contribution in [3.8, 4) is 0 Å². The molecule has 0 saturated carbocycles. The molecular weight excluding hydrogens is 308 g/mol. The first-order valence-electron chi connectivity index (χ1n) is 8.78. The van der Waals surface area contributed by atoms with Gasteiger partial charge in [-0.25, -0.2) is 0 Å². The van der Waals surface area contributed by atoms with Crippen LogP contribution in [0.2, 0.25) is 0 Å². The Hall–Kier alpha value is -0.640. The van der Waals surface area contributed by atoms with E-state index in [0.717, 1.165) is 31.4 Å². The van der Waals surface area contributed by atoms with Crippen LogP contribution in [0.15, 0.2) is 15.3 Å². The van der Waals surface area contributed by atoms with E-state index in [1.165, 1.54) is 0 Å². The van der Waals surface area contributed by atoms with Gasteiger partial charge in [-0.15, -0.1) is 0 Å². The fraction of sp³-hybridized carbons (Fsp3) is 0.944. The molecule has 0 radical (unpaired) electrons. The van der Waals surface area contributed by atoms with Gasteiger partial charge in [-0.2, -0.15) is 15.3 Å². The molecule has 0 aromatic carbocycles. The molecule has 0 rings (SSSR count). The number of hydrogen-bond acceptors (Lipinski definition) is 4. The predicted molar refractivity (Wildman–Crippen MR) is 105 cm³/mol. The molecule has 5 heteroatoms. The number of hydrazone groups is 1. The number of hydrogen-bond donors (Lipinski definition) is 1. The number of azo groups is 1. The molecule has 0 aliphatic carbocycles. The molecule has 0 aliphatic heterocycles. The van der Waals surface area contributed by atoms with E-state index in [4.69, 9.17) is 11.6 Å². The Morgan fingerprint density at radius 2 is 1.39 bits per heavy atom. The normalized spacial score (nSPS) is 15.9. The van der Waals surface area contributed by atoms with Crippen molar-refractivity contribution in [2.24, 2.45) is 15.3 Å². The van der Waals surface area contributed by atoms with Crippen LogP contribution in [-0.4, -0.2) is 21.8 Å². The Morgan fingerprint density at radius 3 is 1.74 bits per heavy atom. The van der Waals surface area contributed by atoms with E-state index in [9.17, 15) is 0 Å². The lowest BCUT2D eigenvalue weighted by Gasteiger charge is -2.22. The van der Waals surface area contributed by atoms with Gasteiger partial charge >= 0.3 is 0 Å². The van der Waals surface area contributed by atoms with Gasteiger partial charge in [0.2, 0.25) is 0 Å². The molecule has 138 valence electrons. The minimum Gasteiger partial charge on any atom is -0.305 e. The summed E-state index contributed by atoms with van der Waals surface area (Å²) >= 11 is 6.02. The van der Waals surface area contributed by atoms with Crippen LogP contribution >= 0.6 is 11.6 Å². The van der Waals surface area contributed by atoms with Crippen molar-refractivity contribution in [1.82, 2.24) is 5.43 Å². The molecule has 0 fully saturated rings. The Labute approximate surface area is 149 Å². The molecule has 0 heterocycles. The van der Waals surface area contributed by atoms with E-state index < -0.39 is 5.00 Å². The number of nitrogens with one attached hydrogen (secondary N) is 1. The molecular formula is C18H39ClN4. The van der Waals surface area contributed by atoms with Gasteiger partial charge in [0.05, 0.1) is 5.54 Å². The summed E-state index contributed by atoms with van der Waals surface area (Å²) in [4.78, 5) is -0.521. The topological polar surface area (TPSA) is 49.1 Å². The van der Waals surface area contributed by atoms with Gasteiger partial charge in [-0.1, -0.05) is 39.3 Å². The molecule has 0 bridgehead atoms. The predicted octanol–water partition coefficient (Wildman–Crippen LogP) is 6.54. The smallest absolute Gasteiger partial charge is 0.151 e. The van der Waals surface area contributed by atoms with E-state index in [1.807, 2.05) is 20.8 Å². The van der Waals surface area contributed by atoms with Crippen LogP contribution in [0.3, 0.4) is 0 Å². The zero-order chi connectivity index (χ0) is 18.7. The third-order valence-corrected chi connectivity index (χ3v) is 4.33. The first-order chi connectivity index (χ1) is 10.3. The summed E-state index contributed by atoms with van der Waals surface area (Å²) in [5, 5.41) is 12.6. The third kappa shape index (κ3) is 14.7. The van der Waals surface area contributed by atoms with Gasteiger partial charge in [0.15, 0.2) is 5.00 Å². The SMILES string of the molecule is CCC(C)(C)N=NC(C)(Cl)CC.CCC(C)=NNC(C)(C)CC. The van der Waals surface area contributed by atoms with Crippen LogP contribution < -0.4 is 5.43 Å². The van der Waals surface area contributed by atoms with Crippen molar-refractivity contribution in [2.75, 3.05) is 0 Å². The summed E-state index contributed by atoms with van der Waals surface area (Å²) in [5.41, 5.74) is 4.36. The Morgan fingerprint density at radius 1 is 0.870 bits per heavy atom. The molecule has 4 nitrogen and oxygen atoms in total. The van der Waals surface area contributed by atoms with Crippen molar-refractivity contribution in [2.45, 2.75) is 111 Å². The molecule has 0 aliphatic rings. The number of halogens is 1. The number of nitrogens with zero attached hydrogens (tertiary/aromatic N) is 3. The summed E-state index contributed by atoms with van der Waals surface area (Å²) in [7, 11) is 0. The van der Waals surface area contributed by atoms with Crippen LogP contribution in [0.1, 0.15) is 94.9 Å². The second-order valence-electron chi connectivity index (χ2n) is 7.41.